The number of nitrogens with zero attached hydrogens (tertiary/aromatic N) is 5. The quantitative estimate of drug-likeness (QED) is 0.126. The van der Waals surface area contributed by atoms with Gasteiger partial charge in [-0.3, -0.25) is 19.3 Å². The number of rotatable bonds is 10. The Morgan fingerprint density at radius 2 is 2.02 bits per heavy atom. The van der Waals surface area contributed by atoms with Crippen LogP contribution in [0.2, 0.25) is 0 Å². The molecule has 0 spiro atoms. The molecule has 2 atom stereocenters. The monoisotopic (exact) mass is 611 g/mol. The minimum Gasteiger partial charge on any atom is -0.488 e. The first kappa shape index (κ1) is 29.2. The van der Waals surface area contributed by atoms with Gasteiger partial charge in [-0.2, -0.15) is 0 Å². The van der Waals surface area contributed by atoms with E-state index in [1.807, 2.05) is 0 Å². The van der Waals surface area contributed by atoms with Gasteiger partial charge in [0.15, 0.2) is 16.5 Å². The Hall–Kier alpha value is -3.77. The summed E-state index contributed by atoms with van der Waals surface area (Å²) in [7, 11) is 1.26. The third-order valence-electron chi connectivity index (χ3n) is 5.37. The van der Waals surface area contributed by atoms with Crippen molar-refractivity contribution >= 4 is 69.2 Å². The van der Waals surface area contributed by atoms with E-state index in [-0.39, 0.29) is 40.4 Å². The molecule has 0 aromatic carbocycles. The molecule has 2 aromatic heterocycles. The number of β-lactam (4-membered cyclic amide) rings is 1. The lowest BCUT2D eigenvalue weighted by Crippen LogP contribution is -2.71. The number of hydrogen-bond donors (Lipinski definition) is 2. The third-order valence-corrected chi connectivity index (χ3v) is 7.85. The number of carbonyl (C=O) groups is 4. The number of thiazole rings is 1. The zero-order chi connectivity index (χ0) is 29.0. The molecule has 4 rings (SSSR count). The Balaban J connectivity index is 1.50. The summed E-state index contributed by atoms with van der Waals surface area (Å²) in [6.07, 6.45) is 0. The molecule has 3 N–H and O–H groups in total. The van der Waals surface area contributed by atoms with Crippen molar-refractivity contribution in [1.82, 2.24) is 24.8 Å². The van der Waals surface area contributed by atoms with Crippen LogP contribution in [0.25, 0.3) is 0 Å². The summed E-state index contributed by atoms with van der Waals surface area (Å²) < 4.78 is 19.8. The first-order valence-electron chi connectivity index (χ1n) is 11.6. The number of nitrogens with one attached hydrogen (secondary N) is 1. The van der Waals surface area contributed by atoms with Crippen molar-refractivity contribution in [2.45, 2.75) is 38.8 Å². The normalized spacial score (nSPS) is 18.9. The number of carbonyl (C=O) groups excluding carboxylic acids is 4. The molecular weight excluding hydrogens is 586 g/mol. The second kappa shape index (κ2) is 12.2. The first-order chi connectivity index (χ1) is 19.0. The summed E-state index contributed by atoms with van der Waals surface area (Å²) in [5, 5.41) is 13.0. The molecule has 1 fully saturated rings. The van der Waals surface area contributed by atoms with E-state index < -0.39 is 47.4 Å². The van der Waals surface area contributed by atoms with E-state index in [2.05, 4.69) is 25.0 Å². The molecule has 0 aliphatic carbocycles. The van der Waals surface area contributed by atoms with E-state index >= 15 is 0 Å². The van der Waals surface area contributed by atoms with Crippen molar-refractivity contribution in [3.8, 4) is 0 Å². The van der Waals surface area contributed by atoms with Crippen LogP contribution in [0.1, 0.15) is 32.2 Å². The number of esters is 2. The van der Waals surface area contributed by atoms with Crippen molar-refractivity contribution in [3.63, 3.8) is 0 Å². The van der Waals surface area contributed by atoms with Crippen molar-refractivity contribution in [1.29, 1.82) is 0 Å². The standard InChI is InChI=1S/C22H25N7O8S3/c1-22(2,3)20(33)37-9-36-19(32)15-12(35-5-10-6-40-28-26-10)8-38-18-14(17(31)29(15)18)25-16(30)13(27-34-4)11-7-39-21(23)24-11/h6-7,14,18H,5,8-9H2,1-4H3,(H2,23,24)(H,25,30)/b27-13-/t14-,18-/m1/s1. The molecule has 40 heavy (non-hydrogen) atoms. The maximum Gasteiger partial charge on any atom is 0.361 e. The Labute approximate surface area is 240 Å². The summed E-state index contributed by atoms with van der Waals surface area (Å²) in [5.74, 6) is -2.47. The first-order valence-corrected chi connectivity index (χ1v) is 14.3. The number of oxime groups is 1. The predicted molar refractivity (Wildman–Crippen MR) is 143 cm³/mol. The largest absolute Gasteiger partial charge is 0.488 e. The number of aromatic nitrogens is 3. The van der Waals surface area contributed by atoms with Crippen LogP contribution < -0.4 is 11.1 Å². The van der Waals surface area contributed by atoms with E-state index in [4.69, 9.17) is 24.8 Å². The van der Waals surface area contributed by atoms with E-state index in [1.54, 1.807) is 26.2 Å². The van der Waals surface area contributed by atoms with Gasteiger partial charge in [-0.1, -0.05) is 9.64 Å². The van der Waals surface area contributed by atoms with Gasteiger partial charge in [0.1, 0.15) is 42.3 Å². The van der Waals surface area contributed by atoms with Crippen LogP contribution in [0.4, 0.5) is 5.13 Å². The molecule has 1 saturated heterocycles. The fourth-order valence-corrected chi connectivity index (χ4v) is 5.68. The van der Waals surface area contributed by atoms with Crippen molar-refractivity contribution < 1.29 is 38.2 Å². The Morgan fingerprint density at radius 3 is 2.65 bits per heavy atom. The average molecular weight is 612 g/mol. The van der Waals surface area contributed by atoms with Crippen LogP contribution >= 0.6 is 34.6 Å². The smallest absolute Gasteiger partial charge is 0.361 e. The fourth-order valence-electron chi connectivity index (χ4n) is 3.42. The third kappa shape index (κ3) is 6.34. The van der Waals surface area contributed by atoms with Gasteiger partial charge in [-0.15, -0.1) is 28.2 Å². The molecule has 0 unspecified atom stereocenters. The van der Waals surface area contributed by atoms with E-state index in [1.165, 1.54) is 29.2 Å². The lowest BCUT2D eigenvalue weighted by molar-refractivity contribution is -0.173. The van der Waals surface area contributed by atoms with E-state index in [0.29, 0.717) is 5.69 Å². The van der Waals surface area contributed by atoms with Crippen LogP contribution in [-0.2, 0) is 44.8 Å². The Morgan fingerprint density at radius 1 is 1.25 bits per heavy atom. The summed E-state index contributed by atoms with van der Waals surface area (Å²) in [5.41, 5.74) is 5.25. The summed E-state index contributed by atoms with van der Waals surface area (Å²) >= 11 is 3.51. The highest BCUT2D eigenvalue weighted by molar-refractivity contribution is 8.00. The highest BCUT2D eigenvalue weighted by atomic mass is 32.2. The Kier molecular flexibility index (Phi) is 8.89. The fraction of sp³-hybridized carbons (Fsp3) is 0.455. The molecule has 18 heteroatoms. The van der Waals surface area contributed by atoms with Crippen molar-refractivity contribution in [3.05, 3.63) is 33.6 Å². The number of fused-ring (bicyclic) bond motifs is 1. The van der Waals surface area contributed by atoms with Crippen LogP contribution in [0.3, 0.4) is 0 Å². The van der Waals surface area contributed by atoms with Gasteiger partial charge in [-0.05, 0) is 32.3 Å². The van der Waals surface area contributed by atoms with Crippen LogP contribution in [0, 0.1) is 5.41 Å². The predicted octanol–water partition coefficient (Wildman–Crippen LogP) is 0.846. The molecule has 2 aliphatic rings. The van der Waals surface area contributed by atoms with Gasteiger partial charge in [0, 0.05) is 10.8 Å². The number of thioether (sulfide) groups is 1. The molecule has 0 bridgehead atoms. The zero-order valence-electron chi connectivity index (χ0n) is 21.7. The van der Waals surface area contributed by atoms with Crippen molar-refractivity contribution in [2.24, 2.45) is 10.6 Å². The molecule has 0 saturated carbocycles. The highest BCUT2D eigenvalue weighted by Crippen LogP contribution is 2.41. The highest BCUT2D eigenvalue weighted by Gasteiger charge is 2.55. The Bertz CT molecular complexity index is 1350. The lowest BCUT2D eigenvalue weighted by atomic mass is 9.98. The summed E-state index contributed by atoms with van der Waals surface area (Å²) in [4.78, 5) is 61.4. The molecule has 2 amide bonds. The second-order valence-corrected chi connectivity index (χ2v) is 11.8. The SMILES string of the molecule is CO/N=C(\C(=O)N[C@@H]1C(=O)N2C(C(=O)OCOC(=O)C(C)(C)C)=C(OCc3csnn3)CS[C@H]12)c1csc(N)n1. The van der Waals surface area contributed by atoms with Gasteiger partial charge in [-0.25, -0.2) is 9.78 Å². The second-order valence-electron chi connectivity index (χ2n) is 9.24. The molecule has 15 nitrogen and oxygen atoms in total. The van der Waals surface area contributed by atoms with Gasteiger partial charge in [0.2, 0.25) is 6.79 Å². The molecule has 2 aromatic rings. The van der Waals surface area contributed by atoms with E-state index in [9.17, 15) is 19.2 Å². The molecule has 0 radical (unpaired) electrons. The molecule has 2 aliphatic heterocycles. The minimum atomic E-state index is -0.999. The number of amides is 2. The lowest BCUT2D eigenvalue weighted by Gasteiger charge is -2.49. The van der Waals surface area contributed by atoms with Gasteiger partial charge in [0.25, 0.3) is 11.8 Å². The van der Waals surface area contributed by atoms with Gasteiger partial charge < -0.3 is 30.1 Å². The maximum absolute atomic E-state index is 13.2. The minimum absolute atomic E-state index is 0.00264. The van der Waals surface area contributed by atoms with E-state index in [0.717, 1.165) is 22.9 Å². The zero-order valence-corrected chi connectivity index (χ0v) is 24.2. The van der Waals surface area contributed by atoms with Crippen LogP contribution in [-0.4, -0.2) is 80.0 Å². The number of ether oxygens (including phenoxy) is 3. The van der Waals surface area contributed by atoms with Crippen LogP contribution in [0.15, 0.2) is 27.4 Å². The average Bonchev–Trinajstić information content (AvgIpc) is 3.59. The van der Waals surface area contributed by atoms with Crippen molar-refractivity contribution in [2.75, 3.05) is 25.4 Å². The molecule has 214 valence electrons. The summed E-state index contributed by atoms with van der Waals surface area (Å²) in [6, 6.07) is -0.999. The number of nitrogen functional groups attached to an aromatic ring is 1. The molecular formula is C22H25N7O8S3. The van der Waals surface area contributed by atoms with Gasteiger partial charge in [0.05, 0.1) is 11.2 Å². The number of anilines is 1. The topological polar surface area (TPSA) is 198 Å². The van der Waals surface area contributed by atoms with Gasteiger partial charge >= 0.3 is 11.9 Å². The number of hydrogen-bond acceptors (Lipinski definition) is 16. The number of nitrogens with two attached hydrogens (primary N) is 1. The maximum atomic E-state index is 13.2. The summed E-state index contributed by atoms with van der Waals surface area (Å²) in [6.45, 7) is 4.31. The molecule has 4 heterocycles. The van der Waals surface area contributed by atoms with Crippen LogP contribution in [0.5, 0.6) is 0 Å².